The maximum atomic E-state index is 13.2. The van der Waals surface area contributed by atoms with Crippen LogP contribution in [0.2, 0.25) is 0 Å². The van der Waals surface area contributed by atoms with E-state index in [4.69, 9.17) is 9.47 Å². The zero-order valence-corrected chi connectivity index (χ0v) is 19.5. The van der Waals surface area contributed by atoms with Crippen molar-refractivity contribution in [3.63, 3.8) is 0 Å². The molecule has 1 N–H and O–H groups in total. The molecule has 3 aromatic rings. The first-order valence-electron chi connectivity index (χ1n) is 12.6. The summed E-state index contributed by atoms with van der Waals surface area (Å²) in [6.45, 7) is 7.87. The van der Waals surface area contributed by atoms with Gasteiger partial charge in [0.25, 0.3) is 0 Å². The summed E-state index contributed by atoms with van der Waals surface area (Å²) in [7, 11) is 0. The van der Waals surface area contributed by atoms with Gasteiger partial charge in [-0.25, -0.2) is 0 Å². The van der Waals surface area contributed by atoms with E-state index in [0.717, 1.165) is 48.7 Å². The number of fused-ring (bicyclic) bond motifs is 2. The minimum atomic E-state index is 0.0279. The van der Waals surface area contributed by atoms with Crippen LogP contribution < -0.4 is 14.9 Å². The molecule has 0 unspecified atom stereocenters. The van der Waals surface area contributed by atoms with Gasteiger partial charge in [-0.2, -0.15) is 0 Å². The monoisotopic (exact) mass is 449 g/mol. The van der Waals surface area contributed by atoms with E-state index in [0.29, 0.717) is 24.0 Å². The van der Waals surface area contributed by atoms with Gasteiger partial charge in [0.05, 0.1) is 11.0 Å². The van der Waals surface area contributed by atoms with Gasteiger partial charge >= 0.3 is 0 Å². The summed E-state index contributed by atoms with van der Waals surface area (Å²) in [5, 5.41) is 1.34. The number of aromatic nitrogens is 1. The molecule has 2 aliphatic heterocycles. The molecule has 0 radical (unpaired) electrons. The van der Waals surface area contributed by atoms with Crippen molar-refractivity contribution in [1.82, 2.24) is 14.8 Å². The molecule has 2 fully saturated rings. The van der Waals surface area contributed by atoms with Gasteiger partial charge in [-0.05, 0) is 82.2 Å². The zero-order valence-electron chi connectivity index (χ0n) is 19.5. The van der Waals surface area contributed by atoms with E-state index in [9.17, 15) is 4.79 Å². The zero-order chi connectivity index (χ0) is 22.5. The molecule has 2 saturated heterocycles. The van der Waals surface area contributed by atoms with E-state index in [1.54, 1.807) is 0 Å². The maximum Gasteiger partial charge on any atom is 0.197 e. The van der Waals surface area contributed by atoms with Crippen molar-refractivity contribution in [1.29, 1.82) is 0 Å². The molecule has 6 nitrogen and oxygen atoms in total. The topological polar surface area (TPSA) is 57.8 Å². The summed E-state index contributed by atoms with van der Waals surface area (Å²) >= 11 is 0. The first kappa shape index (κ1) is 22.2. The molecule has 2 aromatic carbocycles. The fourth-order valence-corrected chi connectivity index (χ4v) is 5.07. The summed E-state index contributed by atoms with van der Waals surface area (Å²) in [6.07, 6.45) is 7.82. The van der Waals surface area contributed by atoms with E-state index in [2.05, 4.69) is 14.8 Å². The van der Waals surface area contributed by atoms with Crippen LogP contribution >= 0.6 is 0 Å². The van der Waals surface area contributed by atoms with Crippen LogP contribution in [0.5, 0.6) is 11.5 Å². The van der Waals surface area contributed by atoms with Crippen LogP contribution in [0, 0.1) is 0 Å². The molecule has 3 heterocycles. The molecular weight excluding hydrogens is 414 g/mol. The number of nitrogens with one attached hydrogen (secondary N) is 1. The van der Waals surface area contributed by atoms with Crippen molar-refractivity contribution >= 4 is 21.8 Å². The van der Waals surface area contributed by atoms with E-state index in [1.807, 2.05) is 36.4 Å². The number of hydrogen-bond acceptors (Lipinski definition) is 5. The van der Waals surface area contributed by atoms with E-state index in [1.165, 1.54) is 51.6 Å². The Hall–Kier alpha value is -2.57. The quantitative estimate of drug-likeness (QED) is 0.516. The van der Waals surface area contributed by atoms with Gasteiger partial charge in [0.2, 0.25) is 0 Å². The highest BCUT2D eigenvalue weighted by molar-refractivity contribution is 5.93. The lowest BCUT2D eigenvalue weighted by Gasteiger charge is -2.26. The van der Waals surface area contributed by atoms with Gasteiger partial charge in [0.1, 0.15) is 24.7 Å². The number of H-pyrrole nitrogens is 1. The summed E-state index contributed by atoms with van der Waals surface area (Å²) in [6, 6.07) is 11.5. The summed E-state index contributed by atoms with van der Waals surface area (Å²) in [5.74, 6) is 1.55. The number of benzene rings is 2. The highest BCUT2D eigenvalue weighted by Crippen LogP contribution is 2.23. The molecular formula is C27H35N3O3. The molecule has 0 atom stereocenters. The molecule has 0 spiro atoms. The van der Waals surface area contributed by atoms with Gasteiger partial charge in [0, 0.05) is 29.9 Å². The van der Waals surface area contributed by atoms with Crippen LogP contribution in [0.3, 0.4) is 0 Å². The molecule has 1 aromatic heterocycles. The predicted molar refractivity (Wildman–Crippen MR) is 134 cm³/mol. The first-order valence-corrected chi connectivity index (χ1v) is 12.6. The number of nitrogens with zero attached hydrogens (tertiary/aromatic N) is 2. The van der Waals surface area contributed by atoms with Crippen LogP contribution in [-0.2, 0) is 0 Å². The van der Waals surface area contributed by atoms with Gasteiger partial charge in [-0.1, -0.05) is 12.8 Å². The molecule has 33 heavy (non-hydrogen) atoms. The predicted octanol–water partition coefficient (Wildman–Crippen LogP) is 4.41. The molecule has 6 heteroatoms. The molecule has 0 aliphatic carbocycles. The highest BCUT2D eigenvalue weighted by Gasteiger charge is 2.12. The molecule has 0 amide bonds. The third kappa shape index (κ3) is 5.50. The van der Waals surface area contributed by atoms with Crippen LogP contribution in [0.25, 0.3) is 21.8 Å². The van der Waals surface area contributed by atoms with Crippen LogP contribution in [0.15, 0.2) is 41.2 Å². The number of ether oxygens (including phenoxy) is 2. The number of piperidine rings is 2. The van der Waals surface area contributed by atoms with Crippen molar-refractivity contribution in [2.45, 2.75) is 38.5 Å². The summed E-state index contributed by atoms with van der Waals surface area (Å²) in [5.41, 5.74) is 1.66. The average Bonchev–Trinajstić information content (AvgIpc) is 2.86. The Morgan fingerprint density at radius 2 is 1.24 bits per heavy atom. The second-order valence-electron chi connectivity index (χ2n) is 9.37. The van der Waals surface area contributed by atoms with Crippen LogP contribution in [-0.4, -0.2) is 67.3 Å². The molecule has 176 valence electrons. The van der Waals surface area contributed by atoms with Crippen LogP contribution in [0.1, 0.15) is 38.5 Å². The highest BCUT2D eigenvalue weighted by atomic mass is 16.5. The standard InChI is InChI=1S/C27H35N3O3/c31-27-23-9-7-22(33-18-16-30-13-5-2-6-14-30)20-26(23)28-25-10-8-21(19-24(25)27)32-17-15-29-11-3-1-4-12-29/h7-10,19-20H,1-6,11-18H2,(H,28,31). The Balaban J connectivity index is 1.25. The fraction of sp³-hybridized carbons (Fsp3) is 0.519. The van der Waals surface area contributed by atoms with Gasteiger partial charge in [-0.3, -0.25) is 14.6 Å². The van der Waals surface area contributed by atoms with Crippen molar-refractivity contribution in [2.75, 3.05) is 52.5 Å². The number of likely N-dealkylation sites (tertiary alicyclic amines) is 2. The SMILES string of the molecule is O=c1c2ccc(OCCN3CCCCC3)cc2[nH]c2ccc(OCCN3CCCCC3)cc12. The van der Waals surface area contributed by atoms with E-state index < -0.39 is 0 Å². The molecule has 5 rings (SSSR count). The minimum absolute atomic E-state index is 0.0279. The normalized spacial score (nSPS) is 18.1. The average molecular weight is 450 g/mol. The van der Waals surface area contributed by atoms with Gasteiger partial charge < -0.3 is 14.5 Å². The van der Waals surface area contributed by atoms with Gasteiger partial charge in [0.15, 0.2) is 5.43 Å². The lowest BCUT2D eigenvalue weighted by Crippen LogP contribution is -2.33. The molecule has 0 bridgehead atoms. The van der Waals surface area contributed by atoms with Gasteiger partial charge in [-0.15, -0.1) is 0 Å². The van der Waals surface area contributed by atoms with E-state index >= 15 is 0 Å². The maximum absolute atomic E-state index is 13.2. The Kier molecular flexibility index (Phi) is 7.12. The first-order chi connectivity index (χ1) is 16.3. The van der Waals surface area contributed by atoms with Crippen molar-refractivity contribution in [3.8, 4) is 11.5 Å². The third-order valence-corrected chi connectivity index (χ3v) is 6.99. The largest absolute Gasteiger partial charge is 0.492 e. The van der Waals surface area contributed by atoms with Crippen molar-refractivity contribution < 1.29 is 9.47 Å². The Morgan fingerprint density at radius 1 is 0.667 bits per heavy atom. The second-order valence-corrected chi connectivity index (χ2v) is 9.37. The molecule has 2 aliphatic rings. The lowest BCUT2D eigenvalue weighted by atomic mass is 10.1. The number of rotatable bonds is 8. The Labute approximate surface area is 195 Å². The minimum Gasteiger partial charge on any atom is -0.492 e. The van der Waals surface area contributed by atoms with Crippen molar-refractivity contribution in [2.24, 2.45) is 0 Å². The second kappa shape index (κ2) is 10.6. The number of aromatic amines is 1. The Morgan fingerprint density at radius 3 is 1.88 bits per heavy atom. The smallest absolute Gasteiger partial charge is 0.197 e. The van der Waals surface area contributed by atoms with Crippen LogP contribution in [0.4, 0.5) is 0 Å². The fourth-order valence-electron chi connectivity index (χ4n) is 5.07. The number of hydrogen-bond donors (Lipinski definition) is 1. The van der Waals surface area contributed by atoms with Crippen molar-refractivity contribution in [3.05, 3.63) is 46.6 Å². The van der Waals surface area contributed by atoms with E-state index in [-0.39, 0.29) is 5.43 Å². The lowest BCUT2D eigenvalue weighted by molar-refractivity contribution is 0.183. The molecule has 0 saturated carbocycles. The number of pyridine rings is 1. The Bertz CT molecular complexity index is 1130. The summed E-state index contributed by atoms with van der Waals surface area (Å²) in [4.78, 5) is 21.5. The summed E-state index contributed by atoms with van der Waals surface area (Å²) < 4.78 is 12.0. The third-order valence-electron chi connectivity index (χ3n) is 6.99.